The van der Waals surface area contributed by atoms with Crippen molar-refractivity contribution in [3.63, 3.8) is 0 Å². The molecule has 1 aromatic carbocycles. The number of anilines is 2. The Labute approximate surface area is 107 Å². The molecule has 4 N–H and O–H groups in total. The first-order chi connectivity index (χ1) is 8.47. The van der Waals surface area contributed by atoms with Crippen LogP contribution < -0.4 is 11.5 Å². The van der Waals surface area contributed by atoms with Crippen LogP contribution in [0.1, 0.15) is 17.3 Å². The molecule has 0 aliphatic carbocycles. The van der Waals surface area contributed by atoms with Gasteiger partial charge in [-0.25, -0.2) is 0 Å². The SMILES string of the molecule is CC1CN(C)CCN1C(=O)c1cc(N)cc(N)c1. The largest absolute Gasteiger partial charge is 0.399 e. The van der Waals surface area contributed by atoms with Crippen LogP contribution in [0.3, 0.4) is 0 Å². The zero-order chi connectivity index (χ0) is 13.3. The minimum Gasteiger partial charge on any atom is -0.399 e. The highest BCUT2D eigenvalue weighted by atomic mass is 16.2. The van der Waals surface area contributed by atoms with Crippen LogP contribution in [-0.2, 0) is 0 Å². The van der Waals surface area contributed by atoms with Gasteiger partial charge in [0.1, 0.15) is 0 Å². The maximum Gasteiger partial charge on any atom is 0.254 e. The van der Waals surface area contributed by atoms with Gasteiger partial charge in [-0.2, -0.15) is 0 Å². The Kier molecular flexibility index (Phi) is 3.43. The number of carbonyl (C=O) groups excluding carboxylic acids is 1. The summed E-state index contributed by atoms with van der Waals surface area (Å²) in [6, 6.07) is 5.23. The first kappa shape index (κ1) is 12.7. The molecule has 1 heterocycles. The van der Waals surface area contributed by atoms with E-state index < -0.39 is 0 Å². The minimum atomic E-state index is 0.00889. The Balaban J connectivity index is 2.20. The Morgan fingerprint density at radius 3 is 2.39 bits per heavy atom. The molecule has 2 rings (SSSR count). The molecule has 0 bridgehead atoms. The second kappa shape index (κ2) is 4.86. The molecule has 18 heavy (non-hydrogen) atoms. The van der Waals surface area contributed by atoms with Crippen molar-refractivity contribution in [2.75, 3.05) is 38.1 Å². The molecule has 1 amide bonds. The van der Waals surface area contributed by atoms with E-state index in [0.717, 1.165) is 19.6 Å². The number of nitrogen functional groups attached to an aromatic ring is 2. The first-order valence-corrected chi connectivity index (χ1v) is 6.13. The number of nitrogens with zero attached hydrogens (tertiary/aromatic N) is 2. The predicted molar refractivity (Wildman–Crippen MR) is 73.3 cm³/mol. The number of likely N-dealkylation sites (N-methyl/N-ethyl adjacent to an activating group) is 1. The van der Waals surface area contributed by atoms with Crippen molar-refractivity contribution in [2.24, 2.45) is 0 Å². The molecule has 1 unspecified atom stereocenters. The molecule has 1 atom stereocenters. The van der Waals surface area contributed by atoms with E-state index in [9.17, 15) is 4.79 Å². The summed E-state index contributed by atoms with van der Waals surface area (Å²) in [5.41, 5.74) is 13.1. The van der Waals surface area contributed by atoms with Gasteiger partial charge in [0, 0.05) is 42.6 Å². The Bertz CT molecular complexity index is 440. The van der Waals surface area contributed by atoms with E-state index in [0.29, 0.717) is 16.9 Å². The van der Waals surface area contributed by atoms with Crippen LogP contribution in [0.4, 0.5) is 11.4 Å². The van der Waals surface area contributed by atoms with Crippen molar-refractivity contribution < 1.29 is 4.79 Å². The molecule has 5 nitrogen and oxygen atoms in total. The van der Waals surface area contributed by atoms with Crippen LogP contribution in [0, 0.1) is 0 Å². The van der Waals surface area contributed by atoms with E-state index in [1.54, 1.807) is 18.2 Å². The standard InChI is InChI=1S/C13H20N4O/c1-9-8-16(2)3-4-17(9)13(18)10-5-11(14)7-12(15)6-10/h5-7,9H,3-4,8,14-15H2,1-2H3. The van der Waals surface area contributed by atoms with Gasteiger partial charge in [-0.3, -0.25) is 4.79 Å². The Morgan fingerprint density at radius 2 is 1.83 bits per heavy atom. The molecule has 1 saturated heterocycles. The van der Waals surface area contributed by atoms with Crippen LogP contribution in [-0.4, -0.2) is 48.4 Å². The van der Waals surface area contributed by atoms with Crippen molar-refractivity contribution in [1.82, 2.24) is 9.80 Å². The molecule has 1 aliphatic heterocycles. The third-order valence-corrected chi connectivity index (χ3v) is 3.32. The minimum absolute atomic E-state index is 0.00889. The average molecular weight is 248 g/mol. The summed E-state index contributed by atoms with van der Waals surface area (Å²) in [6.45, 7) is 4.59. The van der Waals surface area contributed by atoms with E-state index >= 15 is 0 Å². The normalized spacial score (nSPS) is 21.0. The Hall–Kier alpha value is -1.75. The summed E-state index contributed by atoms with van der Waals surface area (Å²) >= 11 is 0. The molecule has 0 saturated carbocycles. The van der Waals surface area contributed by atoms with Gasteiger partial charge < -0.3 is 21.3 Å². The van der Waals surface area contributed by atoms with Gasteiger partial charge in [0.15, 0.2) is 0 Å². The molecule has 0 aromatic heterocycles. The lowest BCUT2D eigenvalue weighted by molar-refractivity contribution is 0.0533. The Morgan fingerprint density at radius 1 is 1.22 bits per heavy atom. The van der Waals surface area contributed by atoms with Gasteiger partial charge in [0.25, 0.3) is 5.91 Å². The molecule has 98 valence electrons. The van der Waals surface area contributed by atoms with Gasteiger partial charge in [-0.05, 0) is 32.2 Å². The van der Waals surface area contributed by atoms with Gasteiger partial charge in [-0.1, -0.05) is 0 Å². The van der Waals surface area contributed by atoms with E-state index in [2.05, 4.69) is 18.9 Å². The maximum absolute atomic E-state index is 12.4. The number of piperazine rings is 1. The maximum atomic E-state index is 12.4. The molecule has 1 aromatic rings. The summed E-state index contributed by atoms with van der Waals surface area (Å²) in [5, 5.41) is 0. The molecule has 0 spiro atoms. The molecule has 1 aliphatic rings. The highest BCUT2D eigenvalue weighted by Crippen LogP contribution is 2.18. The van der Waals surface area contributed by atoms with E-state index in [4.69, 9.17) is 11.5 Å². The highest BCUT2D eigenvalue weighted by Gasteiger charge is 2.26. The van der Waals surface area contributed by atoms with E-state index in [-0.39, 0.29) is 11.9 Å². The summed E-state index contributed by atoms with van der Waals surface area (Å²) in [7, 11) is 2.07. The molecule has 5 heteroatoms. The highest BCUT2D eigenvalue weighted by molar-refractivity contribution is 5.96. The molecule has 1 fully saturated rings. The quantitative estimate of drug-likeness (QED) is 0.715. The van der Waals surface area contributed by atoms with Crippen molar-refractivity contribution in [2.45, 2.75) is 13.0 Å². The third kappa shape index (κ3) is 2.56. The van der Waals surface area contributed by atoms with Gasteiger partial charge >= 0.3 is 0 Å². The second-order valence-electron chi connectivity index (χ2n) is 5.00. The van der Waals surface area contributed by atoms with Crippen LogP contribution in [0.2, 0.25) is 0 Å². The zero-order valence-electron chi connectivity index (χ0n) is 10.9. The van der Waals surface area contributed by atoms with Crippen LogP contribution >= 0.6 is 0 Å². The fourth-order valence-corrected chi connectivity index (χ4v) is 2.41. The fraction of sp³-hybridized carbons (Fsp3) is 0.462. The molecular weight excluding hydrogens is 228 g/mol. The lowest BCUT2D eigenvalue weighted by atomic mass is 10.1. The topological polar surface area (TPSA) is 75.6 Å². The number of hydrogen-bond acceptors (Lipinski definition) is 4. The number of rotatable bonds is 1. The van der Waals surface area contributed by atoms with Crippen molar-refractivity contribution in [1.29, 1.82) is 0 Å². The van der Waals surface area contributed by atoms with Gasteiger partial charge in [0.05, 0.1) is 0 Å². The summed E-state index contributed by atoms with van der Waals surface area (Å²) in [6.07, 6.45) is 0. The van der Waals surface area contributed by atoms with Crippen molar-refractivity contribution in [3.8, 4) is 0 Å². The van der Waals surface area contributed by atoms with Crippen molar-refractivity contribution in [3.05, 3.63) is 23.8 Å². The third-order valence-electron chi connectivity index (χ3n) is 3.32. The predicted octanol–water partition coefficient (Wildman–Crippen LogP) is 0.627. The lowest BCUT2D eigenvalue weighted by Crippen LogP contribution is -2.52. The van der Waals surface area contributed by atoms with Crippen LogP contribution in [0.15, 0.2) is 18.2 Å². The first-order valence-electron chi connectivity index (χ1n) is 6.13. The fourth-order valence-electron chi connectivity index (χ4n) is 2.41. The average Bonchev–Trinajstić information content (AvgIpc) is 2.26. The number of amides is 1. The van der Waals surface area contributed by atoms with Crippen LogP contribution in [0.25, 0.3) is 0 Å². The number of nitrogens with two attached hydrogens (primary N) is 2. The smallest absolute Gasteiger partial charge is 0.254 e. The zero-order valence-corrected chi connectivity index (χ0v) is 10.9. The van der Waals surface area contributed by atoms with E-state index in [1.807, 2.05) is 4.90 Å². The summed E-state index contributed by atoms with van der Waals surface area (Å²) < 4.78 is 0. The number of hydrogen-bond donors (Lipinski definition) is 2. The van der Waals surface area contributed by atoms with E-state index in [1.165, 1.54) is 0 Å². The molecular formula is C13H20N4O. The summed E-state index contributed by atoms with van der Waals surface area (Å²) in [5.74, 6) is 0.00889. The van der Waals surface area contributed by atoms with Gasteiger partial charge in [0.2, 0.25) is 0 Å². The van der Waals surface area contributed by atoms with Gasteiger partial charge in [-0.15, -0.1) is 0 Å². The molecule has 0 radical (unpaired) electrons. The number of benzene rings is 1. The van der Waals surface area contributed by atoms with Crippen molar-refractivity contribution >= 4 is 17.3 Å². The second-order valence-corrected chi connectivity index (χ2v) is 5.00. The van der Waals surface area contributed by atoms with Crippen LogP contribution in [0.5, 0.6) is 0 Å². The monoisotopic (exact) mass is 248 g/mol. The lowest BCUT2D eigenvalue weighted by Gasteiger charge is -2.38. The summed E-state index contributed by atoms with van der Waals surface area (Å²) in [4.78, 5) is 16.5. The number of carbonyl (C=O) groups is 1.